The third kappa shape index (κ3) is 1.87. The number of carbonyl (C=O) groups excluding carboxylic acids is 1. The largest absolute Gasteiger partial charge is 0.383 e. The molecule has 0 radical (unpaired) electrons. The van der Waals surface area contributed by atoms with E-state index in [1.807, 2.05) is 31.2 Å². The molecule has 0 aliphatic heterocycles. The average Bonchev–Trinajstić information content (AvgIpc) is 2.71. The number of carbonyl (C=O) groups is 1. The van der Waals surface area contributed by atoms with Crippen LogP contribution in [-0.2, 0) is 6.42 Å². The van der Waals surface area contributed by atoms with Crippen molar-refractivity contribution in [1.29, 1.82) is 0 Å². The summed E-state index contributed by atoms with van der Waals surface area (Å²) < 4.78 is 1.54. The number of para-hydroxylation sites is 1. The predicted octanol–water partition coefficient (Wildman–Crippen LogP) is 1.12. The molecule has 0 atom stereocenters. The van der Waals surface area contributed by atoms with Gasteiger partial charge in [0.05, 0.1) is 11.9 Å². The van der Waals surface area contributed by atoms with Crippen LogP contribution in [0.2, 0.25) is 0 Å². The van der Waals surface area contributed by atoms with Crippen LogP contribution >= 0.6 is 0 Å². The lowest BCUT2D eigenvalue weighted by Crippen LogP contribution is -2.13. The van der Waals surface area contributed by atoms with Gasteiger partial charge in [0.2, 0.25) is 0 Å². The number of amides is 1. The zero-order valence-electron chi connectivity index (χ0n) is 9.55. The first-order valence-corrected chi connectivity index (χ1v) is 5.36. The third-order valence-electron chi connectivity index (χ3n) is 2.67. The number of hydrogen-bond acceptors (Lipinski definition) is 3. The fourth-order valence-electron chi connectivity index (χ4n) is 1.76. The molecule has 1 aromatic carbocycles. The first-order valence-electron chi connectivity index (χ1n) is 5.36. The number of anilines is 1. The standard InChI is InChI=1S/C12H14N4O/c1-2-8-5-3-4-6-10(8)16-11(13)9(7-15-16)12(14)17/h3-7H,2,13H2,1H3,(H2,14,17). The van der Waals surface area contributed by atoms with Crippen LogP contribution in [-0.4, -0.2) is 15.7 Å². The second-order valence-electron chi connectivity index (χ2n) is 3.70. The Balaban J connectivity index is 2.57. The molecule has 5 nitrogen and oxygen atoms in total. The van der Waals surface area contributed by atoms with Gasteiger partial charge in [-0.3, -0.25) is 4.79 Å². The van der Waals surface area contributed by atoms with Crippen LogP contribution in [0.4, 0.5) is 5.82 Å². The minimum Gasteiger partial charge on any atom is -0.383 e. The molecule has 5 heteroatoms. The number of aryl methyl sites for hydroxylation is 1. The van der Waals surface area contributed by atoms with Gasteiger partial charge in [-0.05, 0) is 18.1 Å². The van der Waals surface area contributed by atoms with Crippen molar-refractivity contribution in [3.05, 3.63) is 41.6 Å². The van der Waals surface area contributed by atoms with Crippen molar-refractivity contribution in [2.24, 2.45) is 5.73 Å². The lowest BCUT2D eigenvalue weighted by Gasteiger charge is -2.09. The molecule has 88 valence electrons. The van der Waals surface area contributed by atoms with Crippen molar-refractivity contribution >= 4 is 11.7 Å². The molecule has 0 unspecified atom stereocenters. The van der Waals surface area contributed by atoms with E-state index in [0.717, 1.165) is 17.7 Å². The molecular weight excluding hydrogens is 216 g/mol. The highest BCUT2D eigenvalue weighted by atomic mass is 16.1. The summed E-state index contributed by atoms with van der Waals surface area (Å²) >= 11 is 0. The molecule has 2 rings (SSSR count). The number of nitrogens with two attached hydrogens (primary N) is 2. The number of primary amides is 1. The van der Waals surface area contributed by atoms with Crippen LogP contribution in [0.15, 0.2) is 30.5 Å². The molecule has 0 aliphatic rings. The SMILES string of the molecule is CCc1ccccc1-n1ncc(C(N)=O)c1N. The molecule has 0 fully saturated rings. The van der Waals surface area contributed by atoms with E-state index >= 15 is 0 Å². The second kappa shape index (κ2) is 4.29. The van der Waals surface area contributed by atoms with Crippen LogP contribution in [0.5, 0.6) is 0 Å². The number of nitrogens with zero attached hydrogens (tertiary/aromatic N) is 2. The molecule has 0 bridgehead atoms. The predicted molar refractivity (Wildman–Crippen MR) is 65.9 cm³/mol. The van der Waals surface area contributed by atoms with Gasteiger partial charge in [0.15, 0.2) is 0 Å². The smallest absolute Gasteiger partial charge is 0.254 e. The molecule has 1 aromatic heterocycles. The van der Waals surface area contributed by atoms with Crippen molar-refractivity contribution < 1.29 is 4.79 Å². The van der Waals surface area contributed by atoms with E-state index in [1.165, 1.54) is 6.20 Å². The number of benzene rings is 1. The maximum atomic E-state index is 11.1. The van der Waals surface area contributed by atoms with Gasteiger partial charge >= 0.3 is 0 Å². The number of aromatic nitrogens is 2. The van der Waals surface area contributed by atoms with E-state index in [0.29, 0.717) is 0 Å². The van der Waals surface area contributed by atoms with Gasteiger partial charge in [-0.25, -0.2) is 4.68 Å². The highest BCUT2D eigenvalue weighted by Gasteiger charge is 2.14. The monoisotopic (exact) mass is 230 g/mol. The van der Waals surface area contributed by atoms with E-state index < -0.39 is 5.91 Å². The zero-order valence-corrected chi connectivity index (χ0v) is 9.55. The molecule has 0 spiro atoms. The van der Waals surface area contributed by atoms with E-state index in [1.54, 1.807) is 4.68 Å². The fourth-order valence-corrected chi connectivity index (χ4v) is 1.76. The summed E-state index contributed by atoms with van der Waals surface area (Å²) in [6.07, 6.45) is 2.26. The van der Waals surface area contributed by atoms with Crippen molar-refractivity contribution in [2.75, 3.05) is 5.73 Å². The van der Waals surface area contributed by atoms with Crippen LogP contribution in [0.25, 0.3) is 5.69 Å². The Labute approximate surface area is 99.0 Å². The van der Waals surface area contributed by atoms with Crippen LogP contribution in [0, 0.1) is 0 Å². The van der Waals surface area contributed by atoms with Gasteiger partial charge in [0, 0.05) is 0 Å². The Kier molecular flexibility index (Phi) is 2.82. The number of nitrogen functional groups attached to an aromatic ring is 1. The summed E-state index contributed by atoms with van der Waals surface area (Å²) in [5.74, 6) is -0.291. The van der Waals surface area contributed by atoms with Gasteiger partial charge in [0.1, 0.15) is 11.4 Å². The van der Waals surface area contributed by atoms with Gasteiger partial charge in [-0.2, -0.15) is 5.10 Å². The minimum absolute atomic E-state index is 0.246. The Morgan fingerprint density at radius 2 is 2.12 bits per heavy atom. The van der Waals surface area contributed by atoms with Crippen LogP contribution in [0.3, 0.4) is 0 Å². The first kappa shape index (κ1) is 11.2. The Morgan fingerprint density at radius 1 is 1.41 bits per heavy atom. The lowest BCUT2D eigenvalue weighted by atomic mass is 10.1. The quantitative estimate of drug-likeness (QED) is 0.828. The van der Waals surface area contributed by atoms with Gasteiger partial charge in [-0.1, -0.05) is 25.1 Å². The fraction of sp³-hybridized carbons (Fsp3) is 0.167. The summed E-state index contributed by atoms with van der Waals surface area (Å²) in [6, 6.07) is 7.77. The number of hydrogen-bond donors (Lipinski definition) is 2. The topological polar surface area (TPSA) is 86.9 Å². The van der Waals surface area contributed by atoms with E-state index in [-0.39, 0.29) is 11.4 Å². The highest BCUT2D eigenvalue weighted by Crippen LogP contribution is 2.20. The third-order valence-corrected chi connectivity index (χ3v) is 2.67. The summed E-state index contributed by atoms with van der Waals surface area (Å²) in [4.78, 5) is 11.1. The van der Waals surface area contributed by atoms with Gasteiger partial charge in [-0.15, -0.1) is 0 Å². The molecule has 2 aromatic rings. The number of rotatable bonds is 3. The molecule has 0 aliphatic carbocycles. The van der Waals surface area contributed by atoms with Crippen LogP contribution in [0.1, 0.15) is 22.8 Å². The Hall–Kier alpha value is -2.30. The molecule has 4 N–H and O–H groups in total. The van der Waals surface area contributed by atoms with Gasteiger partial charge in [0.25, 0.3) is 5.91 Å². The van der Waals surface area contributed by atoms with E-state index in [9.17, 15) is 4.79 Å². The average molecular weight is 230 g/mol. The van der Waals surface area contributed by atoms with Crippen molar-refractivity contribution in [1.82, 2.24) is 9.78 Å². The maximum absolute atomic E-state index is 11.1. The van der Waals surface area contributed by atoms with Gasteiger partial charge < -0.3 is 11.5 Å². The summed E-state index contributed by atoms with van der Waals surface area (Å²) in [5, 5.41) is 4.11. The molecule has 0 saturated heterocycles. The summed E-state index contributed by atoms with van der Waals surface area (Å²) in [6.45, 7) is 2.05. The molecule has 1 heterocycles. The summed E-state index contributed by atoms with van der Waals surface area (Å²) in [5.41, 5.74) is 13.3. The molecule has 1 amide bonds. The molecule has 0 saturated carbocycles. The first-order chi connectivity index (χ1) is 8.15. The Morgan fingerprint density at radius 3 is 2.71 bits per heavy atom. The normalized spacial score (nSPS) is 10.4. The van der Waals surface area contributed by atoms with E-state index in [2.05, 4.69) is 5.10 Å². The Bertz CT molecular complexity index is 559. The lowest BCUT2D eigenvalue weighted by molar-refractivity contribution is 0.100. The minimum atomic E-state index is -0.567. The van der Waals surface area contributed by atoms with Crippen molar-refractivity contribution in [3.8, 4) is 5.69 Å². The zero-order chi connectivity index (χ0) is 12.4. The summed E-state index contributed by atoms with van der Waals surface area (Å²) in [7, 11) is 0. The molecule has 17 heavy (non-hydrogen) atoms. The second-order valence-corrected chi connectivity index (χ2v) is 3.70. The van der Waals surface area contributed by atoms with E-state index in [4.69, 9.17) is 11.5 Å². The highest BCUT2D eigenvalue weighted by molar-refractivity contribution is 5.97. The maximum Gasteiger partial charge on any atom is 0.254 e. The van der Waals surface area contributed by atoms with Crippen molar-refractivity contribution in [3.63, 3.8) is 0 Å². The van der Waals surface area contributed by atoms with Crippen LogP contribution < -0.4 is 11.5 Å². The van der Waals surface area contributed by atoms with Crippen molar-refractivity contribution in [2.45, 2.75) is 13.3 Å². The molecular formula is C12H14N4O.